The van der Waals surface area contributed by atoms with Crippen molar-refractivity contribution in [2.75, 3.05) is 25.0 Å². The minimum atomic E-state index is -0.777. The van der Waals surface area contributed by atoms with Crippen LogP contribution < -0.4 is 5.32 Å². The Morgan fingerprint density at radius 1 is 1.15 bits per heavy atom. The van der Waals surface area contributed by atoms with Gasteiger partial charge in [0.25, 0.3) is 0 Å². The van der Waals surface area contributed by atoms with E-state index in [1.54, 1.807) is 6.07 Å². The highest BCUT2D eigenvalue weighted by molar-refractivity contribution is 5.24. The molecule has 146 valence electrons. The first-order chi connectivity index (χ1) is 13.1. The molecule has 1 aromatic heterocycles. The monoisotopic (exact) mass is 374 g/mol. The molecule has 0 bridgehead atoms. The van der Waals surface area contributed by atoms with E-state index in [9.17, 15) is 8.78 Å². The lowest BCUT2D eigenvalue weighted by Gasteiger charge is -2.32. The van der Waals surface area contributed by atoms with E-state index in [2.05, 4.69) is 27.1 Å². The summed E-state index contributed by atoms with van der Waals surface area (Å²) in [6, 6.07) is 4.22. The van der Waals surface area contributed by atoms with Crippen molar-refractivity contribution in [1.29, 1.82) is 0 Å². The molecular formula is C21H28F2N4. The van der Waals surface area contributed by atoms with Gasteiger partial charge in [0, 0.05) is 37.6 Å². The summed E-state index contributed by atoms with van der Waals surface area (Å²) in [6.45, 7) is 5.96. The van der Waals surface area contributed by atoms with Gasteiger partial charge in [0.2, 0.25) is 5.95 Å². The number of likely N-dealkylation sites (tertiary alicyclic amines) is 1. The van der Waals surface area contributed by atoms with E-state index in [1.165, 1.54) is 25.0 Å². The average molecular weight is 374 g/mol. The lowest BCUT2D eigenvalue weighted by Crippen LogP contribution is -2.35. The second-order valence-corrected chi connectivity index (χ2v) is 7.37. The van der Waals surface area contributed by atoms with E-state index in [0.717, 1.165) is 56.6 Å². The molecular weight excluding hydrogens is 346 g/mol. The number of benzene rings is 1. The molecule has 1 aliphatic rings. The van der Waals surface area contributed by atoms with Crippen molar-refractivity contribution in [2.45, 2.75) is 45.6 Å². The van der Waals surface area contributed by atoms with E-state index in [0.29, 0.717) is 11.9 Å². The highest BCUT2D eigenvalue weighted by Crippen LogP contribution is 2.23. The van der Waals surface area contributed by atoms with E-state index >= 15 is 0 Å². The SMILES string of the molecule is CCCNc1ncc(CN2CCC[C@@H](CCc3ccc(F)c(F)c3)C2)cn1. The number of aromatic nitrogens is 2. The zero-order valence-corrected chi connectivity index (χ0v) is 15.9. The van der Waals surface area contributed by atoms with Crippen LogP contribution in [0.25, 0.3) is 0 Å². The molecule has 3 rings (SSSR count). The number of anilines is 1. The summed E-state index contributed by atoms with van der Waals surface area (Å²) in [5.41, 5.74) is 1.99. The Morgan fingerprint density at radius 3 is 2.70 bits per heavy atom. The van der Waals surface area contributed by atoms with E-state index < -0.39 is 11.6 Å². The topological polar surface area (TPSA) is 41.1 Å². The van der Waals surface area contributed by atoms with Crippen LogP contribution in [0.3, 0.4) is 0 Å². The molecule has 1 saturated heterocycles. The van der Waals surface area contributed by atoms with Gasteiger partial charge in [-0.05, 0) is 62.3 Å². The summed E-state index contributed by atoms with van der Waals surface area (Å²) in [5.74, 6) is -0.266. The van der Waals surface area contributed by atoms with Crippen molar-refractivity contribution in [3.8, 4) is 0 Å². The van der Waals surface area contributed by atoms with Gasteiger partial charge in [-0.15, -0.1) is 0 Å². The molecule has 6 heteroatoms. The second kappa shape index (κ2) is 9.74. The first kappa shape index (κ1) is 19.7. The maximum atomic E-state index is 13.3. The lowest BCUT2D eigenvalue weighted by molar-refractivity contribution is 0.161. The molecule has 27 heavy (non-hydrogen) atoms. The summed E-state index contributed by atoms with van der Waals surface area (Å²) in [5, 5.41) is 3.19. The maximum absolute atomic E-state index is 13.3. The third-order valence-electron chi connectivity index (χ3n) is 5.07. The molecule has 0 saturated carbocycles. The molecule has 1 aliphatic heterocycles. The highest BCUT2D eigenvalue weighted by atomic mass is 19.2. The van der Waals surface area contributed by atoms with Crippen LogP contribution in [-0.2, 0) is 13.0 Å². The number of aryl methyl sites for hydroxylation is 1. The molecule has 1 aromatic carbocycles. The fourth-order valence-electron chi connectivity index (χ4n) is 3.62. The van der Waals surface area contributed by atoms with Gasteiger partial charge in [-0.25, -0.2) is 18.7 Å². The average Bonchev–Trinajstić information content (AvgIpc) is 2.69. The maximum Gasteiger partial charge on any atom is 0.222 e. The lowest BCUT2D eigenvalue weighted by atomic mass is 9.91. The third kappa shape index (κ3) is 5.96. The van der Waals surface area contributed by atoms with E-state index in [4.69, 9.17) is 0 Å². The van der Waals surface area contributed by atoms with Gasteiger partial charge in [-0.1, -0.05) is 13.0 Å². The van der Waals surface area contributed by atoms with Gasteiger partial charge < -0.3 is 5.32 Å². The number of piperidine rings is 1. The zero-order chi connectivity index (χ0) is 19.1. The minimum Gasteiger partial charge on any atom is -0.354 e. The van der Waals surface area contributed by atoms with E-state index in [1.807, 2.05) is 12.4 Å². The molecule has 2 aromatic rings. The Hall–Kier alpha value is -2.08. The highest BCUT2D eigenvalue weighted by Gasteiger charge is 2.20. The fraction of sp³-hybridized carbons (Fsp3) is 0.524. The number of nitrogens with one attached hydrogen (secondary N) is 1. The third-order valence-corrected chi connectivity index (χ3v) is 5.07. The van der Waals surface area contributed by atoms with Gasteiger partial charge in [0.15, 0.2) is 11.6 Å². The standard InChI is InChI=1S/C21H28F2N4/c1-2-9-24-21-25-12-18(13-26-21)15-27-10-3-4-17(14-27)6-5-16-7-8-19(22)20(23)11-16/h7-8,11-13,17H,2-6,9-10,14-15H2,1H3,(H,24,25,26)/t17-/m0/s1. The number of hydrogen-bond acceptors (Lipinski definition) is 4. The van der Waals surface area contributed by atoms with Crippen LogP contribution in [0.1, 0.15) is 43.7 Å². The Bertz CT molecular complexity index is 721. The van der Waals surface area contributed by atoms with Gasteiger partial charge in [0.05, 0.1) is 0 Å². The van der Waals surface area contributed by atoms with Crippen molar-refractivity contribution < 1.29 is 8.78 Å². The van der Waals surface area contributed by atoms with Gasteiger partial charge in [-0.2, -0.15) is 0 Å². The van der Waals surface area contributed by atoms with Crippen molar-refractivity contribution in [3.05, 3.63) is 53.4 Å². The first-order valence-corrected chi connectivity index (χ1v) is 9.85. The van der Waals surface area contributed by atoms with Crippen molar-refractivity contribution in [3.63, 3.8) is 0 Å². The van der Waals surface area contributed by atoms with Gasteiger partial charge in [-0.3, -0.25) is 4.90 Å². The zero-order valence-electron chi connectivity index (χ0n) is 15.9. The molecule has 0 radical (unpaired) electrons. The molecule has 4 nitrogen and oxygen atoms in total. The van der Waals surface area contributed by atoms with Crippen molar-refractivity contribution in [2.24, 2.45) is 5.92 Å². The van der Waals surface area contributed by atoms with Crippen LogP contribution in [0.2, 0.25) is 0 Å². The van der Waals surface area contributed by atoms with Gasteiger partial charge >= 0.3 is 0 Å². The molecule has 0 amide bonds. The minimum absolute atomic E-state index is 0.582. The first-order valence-electron chi connectivity index (χ1n) is 9.85. The van der Waals surface area contributed by atoms with E-state index in [-0.39, 0.29) is 0 Å². The smallest absolute Gasteiger partial charge is 0.222 e. The van der Waals surface area contributed by atoms with Crippen molar-refractivity contribution in [1.82, 2.24) is 14.9 Å². The summed E-state index contributed by atoms with van der Waals surface area (Å²) < 4.78 is 26.4. The quantitative estimate of drug-likeness (QED) is 0.743. The number of hydrogen-bond donors (Lipinski definition) is 1. The molecule has 2 heterocycles. The summed E-state index contributed by atoms with van der Waals surface area (Å²) in [7, 11) is 0. The fourth-order valence-corrected chi connectivity index (χ4v) is 3.62. The van der Waals surface area contributed by atoms with Crippen LogP contribution in [0.5, 0.6) is 0 Å². The van der Waals surface area contributed by atoms with Crippen LogP contribution >= 0.6 is 0 Å². The summed E-state index contributed by atoms with van der Waals surface area (Å²) >= 11 is 0. The molecule has 0 unspecified atom stereocenters. The predicted molar refractivity (Wildman–Crippen MR) is 103 cm³/mol. The number of halogens is 2. The Labute approximate surface area is 160 Å². The largest absolute Gasteiger partial charge is 0.354 e. The molecule has 0 aliphatic carbocycles. The van der Waals surface area contributed by atoms with Crippen LogP contribution in [0.15, 0.2) is 30.6 Å². The molecule has 1 atom stereocenters. The molecule has 1 fully saturated rings. The normalized spacial score (nSPS) is 17.8. The van der Waals surface area contributed by atoms with Gasteiger partial charge in [0.1, 0.15) is 0 Å². The predicted octanol–water partition coefficient (Wildman–Crippen LogP) is 4.42. The Kier molecular flexibility index (Phi) is 7.10. The Morgan fingerprint density at radius 2 is 1.96 bits per heavy atom. The van der Waals surface area contributed by atoms with Crippen LogP contribution in [-0.4, -0.2) is 34.5 Å². The van der Waals surface area contributed by atoms with Crippen LogP contribution in [0.4, 0.5) is 14.7 Å². The number of nitrogens with zero attached hydrogens (tertiary/aromatic N) is 3. The van der Waals surface area contributed by atoms with Crippen molar-refractivity contribution >= 4 is 5.95 Å². The summed E-state index contributed by atoms with van der Waals surface area (Å²) in [6.07, 6.45) is 8.99. The number of rotatable bonds is 8. The Balaban J connectivity index is 1.48. The second-order valence-electron chi connectivity index (χ2n) is 7.37. The summed E-state index contributed by atoms with van der Waals surface area (Å²) in [4.78, 5) is 11.2. The van der Waals surface area contributed by atoms with Crippen LogP contribution in [0, 0.1) is 17.6 Å². The molecule has 1 N–H and O–H groups in total. The molecule has 0 spiro atoms.